The van der Waals surface area contributed by atoms with Crippen LogP contribution < -0.4 is 5.73 Å². The first-order valence-corrected chi connectivity index (χ1v) is 6.06. The van der Waals surface area contributed by atoms with E-state index in [9.17, 15) is 4.39 Å². The molecule has 0 aliphatic carbocycles. The lowest BCUT2D eigenvalue weighted by Crippen LogP contribution is -2.12. The molecular weight excluding hydrogens is 285 g/mol. The minimum atomic E-state index is -0.583. The van der Waals surface area contributed by atoms with Gasteiger partial charge in [-0.3, -0.25) is 0 Å². The van der Waals surface area contributed by atoms with Crippen molar-refractivity contribution >= 4 is 15.9 Å². The van der Waals surface area contributed by atoms with E-state index in [-0.39, 0.29) is 5.82 Å². The highest BCUT2D eigenvalue weighted by molar-refractivity contribution is 9.10. The highest BCUT2D eigenvalue weighted by Crippen LogP contribution is 2.27. The van der Waals surface area contributed by atoms with Crippen molar-refractivity contribution in [2.45, 2.75) is 19.9 Å². The van der Waals surface area contributed by atoms with Gasteiger partial charge in [-0.15, -0.1) is 0 Å². The van der Waals surface area contributed by atoms with Crippen molar-refractivity contribution in [3.05, 3.63) is 57.2 Å². The van der Waals surface area contributed by atoms with Crippen molar-refractivity contribution in [2.24, 2.45) is 5.73 Å². The van der Waals surface area contributed by atoms with Gasteiger partial charge in [0.15, 0.2) is 0 Å². The average molecular weight is 298 g/mol. The average Bonchev–Trinajstić information content (AvgIpc) is 2.62. The van der Waals surface area contributed by atoms with Crippen LogP contribution >= 0.6 is 15.9 Å². The predicted octanol–water partition coefficient (Wildman–Crippen LogP) is 3.85. The van der Waals surface area contributed by atoms with Crippen LogP contribution in [0.5, 0.6) is 0 Å². The third-order valence-electron chi connectivity index (χ3n) is 2.78. The third kappa shape index (κ3) is 2.42. The lowest BCUT2D eigenvalue weighted by Gasteiger charge is -2.10. The molecule has 1 heterocycles. The number of halogens is 2. The van der Waals surface area contributed by atoms with E-state index in [0.29, 0.717) is 11.3 Å². The molecule has 0 saturated heterocycles. The topological polar surface area (TPSA) is 39.2 Å². The van der Waals surface area contributed by atoms with Gasteiger partial charge in [0.2, 0.25) is 0 Å². The first kappa shape index (κ1) is 12.3. The number of rotatable bonds is 2. The predicted molar refractivity (Wildman–Crippen MR) is 68.3 cm³/mol. The molecule has 0 fully saturated rings. The van der Waals surface area contributed by atoms with Crippen LogP contribution in [0.3, 0.4) is 0 Å². The molecule has 2 N–H and O–H groups in total. The van der Waals surface area contributed by atoms with E-state index >= 15 is 0 Å². The van der Waals surface area contributed by atoms with Crippen LogP contribution in [0.2, 0.25) is 0 Å². The molecule has 1 aromatic carbocycles. The summed E-state index contributed by atoms with van der Waals surface area (Å²) < 4.78 is 20.0. The number of aryl methyl sites for hydroxylation is 2. The molecule has 1 unspecified atom stereocenters. The molecule has 4 heteroatoms. The third-order valence-corrected chi connectivity index (χ3v) is 3.28. The van der Waals surface area contributed by atoms with Gasteiger partial charge in [0.1, 0.15) is 17.3 Å². The molecule has 2 aromatic rings. The maximum Gasteiger partial charge on any atom is 0.128 e. The molecule has 2 rings (SSSR count). The highest BCUT2D eigenvalue weighted by atomic mass is 79.9. The zero-order valence-corrected chi connectivity index (χ0v) is 11.2. The van der Waals surface area contributed by atoms with Crippen LogP contribution in [0, 0.1) is 19.7 Å². The minimum Gasteiger partial charge on any atom is -0.464 e. The number of hydrogen-bond acceptors (Lipinski definition) is 2. The lowest BCUT2D eigenvalue weighted by atomic mass is 10.0. The van der Waals surface area contributed by atoms with Crippen LogP contribution in [-0.4, -0.2) is 0 Å². The number of hydrogen-bond donors (Lipinski definition) is 1. The van der Waals surface area contributed by atoms with Crippen LogP contribution in [0.1, 0.15) is 28.7 Å². The van der Waals surface area contributed by atoms with Crippen molar-refractivity contribution in [1.82, 2.24) is 0 Å². The molecule has 0 spiro atoms. The van der Waals surface area contributed by atoms with Crippen molar-refractivity contribution in [2.75, 3.05) is 0 Å². The molecule has 0 aliphatic rings. The van der Waals surface area contributed by atoms with Crippen molar-refractivity contribution in [3.63, 3.8) is 0 Å². The Hall–Kier alpha value is -1.13. The van der Waals surface area contributed by atoms with Crippen LogP contribution in [0.4, 0.5) is 4.39 Å². The summed E-state index contributed by atoms with van der Waals surface area (Å²) in [6, 6.07) is 5.97. The summed E-state index contributed by atoms with van der Waals surface area (Å²) in [5.74, 6) is 1.07. The zero-order valence-electron chi connectivity index (χ0n) is 9.63. The number of furan rings is 1. The minimum absolute atomic E-state index is 0.326. The van der Waals surface area contributed by atoms with Gasteiger partial charge in [0.05, 0.1) is 6.04 Å². The molecule has 2 nitrogen and oxygen atoms in total. The van der Waals surface area contributed by atoms with E-state index in [4.69, 9.17) is 10.2 Å². The number of benzene rings is 1. The van der Waals surface area contributed by atoms with Gasteiger partial charge in [-0.05, 0) is 43.7 Å². The molecular formula is C13H13BrFNO. The van der Waals surface area contributed by atoms with Gasteiger partial charge in [-0.1, -0.05) is 15.9 Å². The Kier molecular flexibility index (Phi) is 3.35. The first-order valence-electron chi connectivity index (χ1n) is 5.26. The van der Waals surface area contributed by atoms with Crippen LogP contribution in [0.25, 0.3) is 0 Å². The zero-order chi connectivity index (χ0) is 12.6. The van der Waals surface area contributed by atoms with Gasteiger partial charge in [-0.25, -0.2) is 4.39 Å². The Labute approximate surface area is 108 Å². The second-order valence-corrected chi connectivity index (χ2v) is 4.95. The monoisotopic (exact) mass is 297 g/mol. The van der Waals surface area contributed by atoms with Crippen LogP contribution in [0.15, 0.2) is 33.2 Å². The summed E-state index contributed by atoms with van der Waals surface area (Å²) in [5, 5.41) is 0. The highest BCUT2D eigenvalue weighted by Gasteiger charge is 2.18. The van der Waals surface area contributed by atoms with E-state index in [1.807, 2.05) is 19.9 Å². The Morgan fingerprint density at radius 3 is 2.59 bits per heavy atom. The van der Waals surface area contributed by atoms with Gasteiger partial charge < -0.3 is 10.2 Å². The molecule has 0 amide bonds. The summed E-state index contributed by atoms with van der Waals surface area (Å²) in [7, 11) is 0. The van der Waals surface area contributed by atoms with Crippen molar-refractivity contribution in [1.29, 1.82) is 0 Å². The SMILES string of the molecule is Cc1cc(C(N)c2cc(Br)ccc2F)oc1C. The smallest absolute Gasteiger partial charge is 0.128 e. The maximum atomic E-state index is 13.7. The molecule has 0 saturated carbocycles. The normalized spacial score (nSPS) is 12.8. The molecule has 17 heavy (non-hydrogen) atoms. The van der Waals surface area contributed by atoms with Crippen molar-refractivity contribution < 1.29 is 8.81 Å². The number of nitrogens with two attached hydrogens (primary N) is 1. The molecule has 1 aromatic heterocycles. The van der Waals surface area contributed by atoms with Gasteiger partial charge >= 0.3 is 0 Å². The lowest BCUT2D eigenvalue weighted by molar-refractivity contribution is 0.458. The second kappa shape index (κ2) is 4.63. The summed E-state index contributed by atoms with van der Waals surface area (Å²) in [5.41, 5.74) is 7.46. The Morgan fingerprint density at radius 1 is 1.29 bits per heavy atom. The van der Waals surface area contributed by atoms with E-state index in [1.54, 1.807) is 12.1 Å². The standard InChI is InChI=1S/C13H13BrFNO/c1-7-5-12(17-8(7)2)13(16)10-6-9(14)3-4-11(10)15/h3-6,13H,16H2,1-2H3. The molecule has 0 bridgehead atoms. The first-order chi connectivity index (χ1) is 7.99. The van der Waals surface area contributed by atoms with E-state index in [0.717, 1.165) is 15.8 Å². The Morgan fingerprint density at radius 2 is 2.00 bits per heavy atom. The summed E-state index contributed by atoms with van der Waals surface area (Å²) in [6.45, 7) is 3.80. The fourth-order valence-corrected chi connectivity index (χ4v) is 2.04. The molecule has 0 radical (unpaired) electrons. The molecule has 0 aliphatic heterocycles. The summed E-state index contributed by atoms with van der Waals surface area (Å²) in [6.07, 6.45) is 0. The summed E-state index contributed by atoms with van der Waals surface area (Å²) >= 11 is 3.30. The summed E-state index contributed by atoms with van der Waals surface area (Å²) in [4.78, 5) is 0. The van der Waals surface area contributed by atoms with E-state index in [2.05, 4.69) is 15.9 Å². The quantitative estimate of drug-likeness (QED) is 0.914. The Bertz CT molecular complexity index is 531. The van der Waals surface area contributed by atoms with E-state index < -0.39 is 6.04 Å². The van der Waals surface area contributed by atoms with Gasteiger partial charge in [0, 0.05) is 10.0 Å². The van der Waals surface area contributed by atoms with Gasteiger partial charge in [0.25, 0.3) is 0 Å². The second-order valence-electron chi connectivity index (χ2n) is 4.03. The fraction of sp³-hybridized carbons (Fsp3) is 0.231. The van der Waals surface area contributed by atoms with E-state index in [1.165, 1.54) is 6.07 Å². The molecule has 90 valence electrons. The van der Waals surface area contributed by atoms with Crippen LogP contribution in [-0.2, 0) is 0 Å². The largest absolute Gasteiger partial charge is 0.464 e. The molecule has 1 atom stereocenters. The fourth-order valence-electron chi connectivity index (χ4n) is 1.66. The Balaban J connectivity index is 2.42. The van der Waals surface area contributed by atoms with Gasteiger partial charge in [-0.2, -0.15) is 0 Å². The maximum absolute atomic E-state index is 13.7. The van der Waals surface area contributed by atoms with Crippen molar-refractivity contribution in [3.8, 4) is 0 Å².